The molecular formula is C26H27N3O4S. The first-order chi connectivity index (χ1) is 16.0. The van der Waals surface area contributed by atoms with Crippen molar-refractivity contribution < 1.29 is 14.5 Å². The van der Waals surface area contributed by atoms with Gasteiger partial charge in [0.05, 0.1) is 16.4 Å². The Bertz CT molecular complexity index is 1230. The first-order valence-corrected chi connectivity index (χ1v) is 11.5. The predicted molar refractivity (Wildman–Crippen MR) is 135 cm³/mol. The molecule has 2 amide bonds. The monoisotopic (exact) mass is 477 g/mol. The molecule has 0 heterocycles. The molecule has 3 aromatic rings. The van der Waals surface area contributed by atoms with Gasteiger partial charge in [0.25, 0.3) is 11.6 Å². The zero-order chi connectivity index (χ0) is 25.0. The number of carbonyl (C=O) groups excluding carboxylic acids is 2. The normalized spacial score (nSPS) is 10.6. The second kappa shape index (κ2) is 10.5. The quantitative estimate of drug-likeness (QED) is 0.349. The maximum Gasteiger partial charge on any atom is 0.284 e. The van der Waals surface area contributed by atoms with E-state index in [1.807, 2.05) is 64.1 Å². The Balaban J connectivity index is 1.74. The molecule has 0 bridgehead atoms. The van der Waals surface area contributed by atoms with Gasteiger partial charge >= 0.3 is 0 Å². The fraction of sp³-hybridized carbons (Fsp3) is 0.231. The fourth-order valence-corrected chi connectivity index (χ4v) is 4.58. The van der Waals surface area contributed by atoms with Gasteiger partial charge in [-0.1, -0.05) is 47.2 Å². The molecule has 176 valence electrons. The number of anilines is 1. The van der Waals surface area contributed by atoms with Crippen LogP contribution in [0.15, 0.2) is 64.4 Å². The van der Waals surface area contributed by atoms with Gasteiger partial charge in [0.15, 0.2) is 0 Å². The number of hydrogen-bond donors (Lipinski definition) is 1. The van der Waals surface area contributed by atoms with Gasteiger partial charge < -0.3 is 10.2 Å². The van der Waals surface area contributed by atoms with Crippen LogP contribution in [-0.4, -0.2) is 35.2 Å². The SMILES string of the molecule is Cc1ccc(Sc2ccc(C(=O)N(C)CC(=O)Nc3c(C)cc(C)cc3C)cc2[N+](=O)[O-])cc1. The third kappa shape index (κ3) is 6.02. The maximum atomic E-state index is 12.9. The van der Waals surface area contributed by atoms with Crippen molar-refractivity contribution in [3.8, 4) is 0 Å². The number of nitrogens with one attached hydrogen (secondary N) is 1. The van der Waals surface area contributed by atoms with Crippen LogP contribution in [0.3, 0.4) is 0 Å². The Labute approximate surface area is 203 Å². The lowest BCUT2D eigenvalue weighted by Crippen LogP contribution is -2.35. The smallest absolute Gasteiger partial charge is 0.284 e. The van der Waals surface area contributed by atoms with Crippen molar-refractivity contribution in [1.29, 1.82) is 0 Å². The highest BCUT2D eigenvalue weighted by Gasteiger charge is 2.22. The molecule has 0 saturated heterocycles. The highest BCUT2D eigenvalue weighted by molar-refractivity contribution is 7.99. The maximum absolute atomic E-state index is 12.9. The van der Waals surface area contributed by atoms with Crippen LogP contribution in [0, 0.1) is 37.8 Å². The number of nitro groups is 1. The Kier molecular flexibility index (Phi) is 7.73. The zero-order valence-electron chi connectivity index (χ0n) is 19.8. The van der Waals surface area contributed by atoms with Crippen LogP contribution in [-0.2, 0) is 4.79 Å². The molecule has 0 aliphatic rings. The van der Waals surface area contributed by atoms with Crippen LogP contribution >= 0.6 is 11.8 Å². The third-order valence-corrected chi connectivity index (χ3v) is 6.39. The van der Waals surface area contributed by atoms with Crippen molar-refractivity contribution >= 4 is 35.0 Å². The van der Waals surface area contributed by atoms with Crippen LogP contribution in [0.2, 0.25) is 0 Å². The highest BCUT2D eigenvalue weighted by atomic mass is 32.2. The minimum absolute atomic E-state index is 0.151. The molecule has 0 fully saturated rings. The van der Waals surface area contributed by atoms with Gasteiger partial charge in [0, 0.05) is 29.3 Å². The van der Waals surface area contributed by atoms with Gasteiger partial charge in [-0.25, -0.2) is 0 Å². The van der Waals surface area contributed by atoms with Gasteiger partial charge in [-0.3, -0.25) is 19.7 Å². The molecule has 8 heteroatoms. The number of carbonyl (C=O) groups is 2. The molecule has 3 rings (SSSR count). The molecule has 0 atom stereocenters. The molecule has 1 N–H and O–H groups in total. The first kappa shape index (κ1) is 25.0. The molecule has 0 saturated carbocycles. The summed E-state index contributed by atoms with van der Waals surface area (Å²) in [5.74, 6) is -0.811. The molecule has 0 unspecified atom stereocenters. The summed E-state index contributed by atoms with van der Waals surface area (Å²) in [4.78, 5) is 39.2. The molecule has 0 spiro atoms. The van der Waals surface area contributed by atoms with E-state index < -0.39 is 10.8 Å². The molecule has 0 aliphatic heterocycles. The van der Waals surface area contributed by atoms with Crippen molar-refractivity contribution in [2.24, 2.45) is 0 Å². The van der Waals surface area contributed by atoms with Crippen molar-refractivity contribution in [2.45, 2.75) is 37.5 Å². The van der Waals surface area contributed by atoms with Crippen LogP contribution in [0.4, 0.5) is 11.4 Å². The lowest BCUT2D eigenvalue weighted by Gasteiger charge is -2.19. The predicted octanol–water partition coefficient (Wildman–Crippen LogP) is 5.69. The number of benzene rings is 3. The third-order valence-electron chi connectivity index (χ3n) is 5.32. The average Bonchev–Trinajstić information content (AvgIpc) is 2.77. The number of nitro benzene ring substituents is 1. The van der Waals surface area contributed by atoms with E-state index in [9.17, 15) is 19.7 Å². The van der Waals surface area contributed by atoms with E-state index in [0.29, 0.717) is 4.90 Å². The van der Waals surface area contributed by atoms with E-state index in [1.165, 1.54) is 29.8 Å². The second-order valence-corrected chi connectivity index (χ2v) is 9.45. The minimum Gasteiger partial charge on any atom is -0.332 e. The lowest BCUT2D eigenvalue weighted by molar-refractivity contribution is -0.387. The first-order valence-electron chi connectivity index (χ1n) is 10.7. The summed E-state index contributed by atoms with van der Waals surface area (Å²) < 4.78 is 0. The van der Waals surface area contributed by atoms with Crippen molar-refractivity contribution in [1.82, 2.24) is 4.90 Å². The van der Waals surface area contributed by atoms with Gasteiger partial charge in [0.2, 0.25) is 5.91 Å². The largest absolute Gasteiger partial charge is 0.332 e. The van der Waals surface area contributed by atoms with Crippen LogP contribution in [0.1, 0.15) is 32.6 Å². The molecule has 34 heavy (non-hydrogen) atoms. The summed E-state index contributed by atoms with van der Waals surface area (Å²) in [6, 6.07) is 16.0. The number of nitrogens with zero attached hydrogens (tertiary/aromatic N) is 2. The topological polar surface area (TPSA) is 92.6 Å². The second-order valence-electron chi connectivity index (χ2n) is 8.34. The molecular weight excluding hydrogens is 450 g/mol. The molecule has 0 aromatic heterocycles. The van der Waals surface area contributed by atoms with E-state index in [-0.39, 0.29) is 23.7 Å². The van der Waals surface area contributed by atoms with Crippen molar-refractivity contribution in [3.05, 3.63) is 92.5 Å². The summed E-state index contributed by atoms with van der Waals surface area (Å²) in [5, 5.41) is 14.6. The Morgan fingerprint density at radius 1 is 0.941 bits per heavy atom. The van der Waals surface area contributed by atoms with Crippen LogP contribution < -0.4 is 5.32 Å². The number of rotatable bonds is 7. The van der Waals surface area contributed by atoms with E-state index in [4.69, 9.17) is 0 Å². The van der Waals surface area contributed by atoms with E-state index in [1.54, 1.807) is 12.1 Å². The highest BCUT2D eigenvalue weighted by Crippen LogP contribution is 2.35. The molecule has 7 nitrogen and oxygen atoms in total. The average molecular weight is 478 g/mol. The van der Waals surface area contributed by atoms with Gasteiger partial charge in [0.1, 0.15) is 0 Å². The summed E-state index contributed by atoms with van der Waals surface area (Å²) in [5.41, 5.74) is 4.81. The zero-order valence-corrected chi connectivity index (χ0v) is 20.7. The molecule has 3 aromatic carbocycles. The van der Waals surface area contributed by atoms with Gasteiger partial charge in [-0.15, -0.1) is 0 Å². The number of amides is 2. The fourth-order valence-electron chi connectivity index (χ4n) is 3.68. The van der Waals surface area contributed by atoms with Crippen LogP contribution in [0.25, 0.3) is 0 Å². The Hall–Kier alpha value is -3.65. The number of hydrogen-bond acceptors (Lipinski definition) is 5. The summed E-state index contributed by atoms with van der Waals surface area (Å²) in [7, 11) is 1.50. The Morgan fingerprint density at radius 3 is 2.15 bits per heavy atom. The number of likely N-dealkylation sites (N-methyl/N-ethyl adjacent to an activating group) is 1. The standard InChI is InChI=1S/C26H27N3O4S/c1-16-6-9-21(10-7-16)34-23-11-8-20(14-22(23)29(32)33)26(31)28(5)15-24(30)27-25-18(3)12-17(2)13-19(25)4/h6-14H,15H2,1-5H3,(H,27,30). The van der Waals surface area contributed by atoms with Crippen molar-refractivity contribution in [3.63, 3.8) is 0 Å². The van der Waals surface area contributed by atoms with Crippen molar-refractivity contribution in [2.75, 3.05) is 18.9 Å². The van der Waals surface area contributed by atoms with Gasteiger partial charge in [-0.05, 0) is 63.1 Å². The lowest BCUT2D eigenvalue weighted by atomic mass is 10.1. The number of aryl methyl sites for hydroxylation is 4. The van der Waals surface area contributed by atoms with E-state index in [2.05, 4.69) is 5.32 Å². The van der Waals surface area contributed by atoms with E-state index in [0.717, 1.165) is 32.8 Å². The summed E-state index contributed by atoms with van der Waals surface area (Å²) >= 11 is 1.26. The molecule has 0 radical (unpaired) electrons. The minimum atomic E-state index is -0.497. The summed E-state index contributed by atoms with van der Waals surface area (Å²) in [6.45, 7) is 7.61. The Morgan fingerprint density at radius 2 is 1.56 bits per heavy atom. The molecule has 0 aliphatic carbocycles. The van der Waals surface area contributed by atoms with E-state index >= 15 is 0 Å². The summed E-state index contributed by atoms with van der Waals surface area (Å²) in [6.07, 6.45) is 0. The van der Waals surface area contributed by atoms with Crippen LogP contribution in [0.5, 0.6) is 0 Å². The van der Waals surface area contributed by atoms with Gasteiger partial charge in [-0.2, -0.15) is 0 Å².